The molecular formula is C13H13ClN2O3. The lowest BCUT2D eigenvalue weighted by atomic mass is 10.2. The summed E-state index contributed by atoms with van der Waals surface area (Å²) < 4.78 is 16.4. The van der Waals surface area contributed by atoms with Crippen LogP contribution < -0.4 is 0 Å². The number of halogens is 1. The highest BCUT2D eigenvalue weighted by molar-refractivity contribution is 6.33. The van der Waals surface area contributed by atoms with Gasteiger partial charge in [-0.05, 0) is 26.0 Å². The maximum atomic E-state index is 6.09. The van der Waals surface area contributed by atoms with Crippen molar-refractivity contribution in [1.29, 1.82) is 0 Å². The van der Waals surface area contributed by atoms with E-state index in [0.29, 0.717) is 28.9 Å². The quantitative estimate of drug-likeness (QED) is 0.845. The predicted octanol–water partition coefficient (Wildman–Crippen LogP) is 3.21. The Balaban J connectivity index is 1.87. The third-order valence-electron chi connectivity index (χ3n) is 2.84. The molecule has 5 nitrogen and oxygen atoms in total. The smallest absolute Gasteiger partial charge is 0.259 e. The van der Waals surface area contributed by atoms with E-state index in [4.69, 9.17) is 25.6 Å². The molecule has 0 amide bonds. The van der Waals surface area contributed by atoms with Crippen molar-refractivity contribution in [1.82, 2.24) is 10.1 Å². The number of rotatable bonds is 2. The van der Waals surface area contributed by atoms with E-state index in [-0.39, 0.29) is 6.10 Å². The SMILES string of the molecule is CC1(C)OC[C@H](c2noc(-c3ccccc3Cl)n2)O1. The average molecular weight is 281 g/mol. The van der Waals surface area contributed by atoms with Gasteiger partial charge in [0.2, 0.25) is 5.82 Å². The van der Waals surface area contributed by atoms with Gasteiger partial charge in [-0.1, -0.05) is 28.9 Å². The van der Waals surface area contributed by atoms with E-state index in [9.17, 15) is 0 Å². The molecule has 6 heteroatoms. The highest BCUT2D eigenvalue weighted by Crippen LogP contribution is 2.33. The van der Waals surface area contributed by atoms with Gasteiger partial charge in [-0.2, -0.15) is 4.98 Å². The summed E-state index contributed by atoms with van der Waals surface area (Å²) in [4.78, 5) is 4.32. The molecule has 100 valence electrons. The van der Waals surface area contributed by atoms with Gasteiger partial charge in [0.1, 0.15) is 6.10 Å². The van der Waals surface area contributed by atoms with Crippen LogP contribution in [0.5, 0.6) is 0 Å². The second kappa shape index (κ2) is 4.59. The minimum absolute atomic E-state index is 0.310. The summed E-state index contributed by atoms with van der Waals surface area (Å²) in [5, 5.41) is 4.50. The van der Waals surface area contributed by atoms with E-state index >= 15 is 0 Å². The van der Waals surface area contributed by atoms with Crippen LogP contribution in [0.25, 0.3) is 11.5 Å². The van der Waals surface area contributed by atoms with Crippen molar-refractivity contribution in [3.05, 3.63) is 35.1 Å². The Kier molecular flexibility index (Phi) is 3.05. The standard InChI is InChI=1S/C13H13ClN2O3/c1-13(2)17-7-10(18-13)11-15-12(19-16-11)8-5-3-4-6-9(8)14/h3-6,10H,7H2,1-2H3/t10-/m1/s1. The van der Waals surface area contributed by atoms with Crippen molar-refractivity contribution < 1.29 is 14.0 Å². The van der Waals surface area contributed by atoms with Crippen molar-refractivity contribution in [2.24, 2.45) is 0 Å². The van der Waals surface area contributed by atoms with E-state index in [0.717, 1.165) is 0 Å². The third kappa shape index (κ3) is 2.49. The third-order valence-corrected chi connectivity index (χ3v) is 3.17. The molecule has 1 aromatic heterocycles. The Morgan fingerprint density at radius 2 is 2.11 bits per heavy atom. The summed E-state index contributed by atoms with van der Waals surface area (Å²) in [5.74, 6) is 0.241. The van der Waals surface area contributed by atoms with Gasteiger partial charge < -0.3 is 14.0 Å². The first kappa shape index (κ1) is 12.6. The minimum atomic E-state index is -0.615. The number of nitrogens with zero attached hydrogens (tertiary/aromatic N) is 2. The molecule has 1 aliphatic heterocycles. The minimum Gasteiger partial charge on any atom is -0.347 e. The summed E-state index contributed by atoms with van der Waals surface area (Å²) in [6, 6.07) is 7.32. The van der Waals surface area contributed by atoms with E-state index in [1.807, 2.05) is 32.0 Å². The molecule has 1 aliphatic rings. The fourth-order valence-electron chi connectivity index (χ4n) is 1.92. The lowest BCUT2D eigenvalue weighted by Crippen LogP contribution is -2.19. The van der Waals surface area contributed by atoms with Crippen LogP contribution in [0.2, 0.25) is 5.02 Å². The largest absolute Gasteiger partial charge is 0.347 e. The van der Waals surface area contributed by atoms with Crippen molar-refractivity contribution in [3.63, 3.8) is 0 Å². The van der Waals surface area contributed by atoms with Gasteiger partial charge in [-0.25, -0.2) is 0 Å². The van der Waals surface area contributed by atoms with Crippen LogP contribution in [0.1, 0.15) is 25.8 Å². The summed E-state index contributed by atoms with van der Waals surface area (Å²) >= 11 is 6.09. The van der Waals surface area contributed by atoms with Crippen LogP contribution >= 0.6 is 11.6 Å². The van der Waals surface area contributed by atoms with Crippen molar-refractivity contribution in [2.45, 2.75) is 25.7 Å². The van der Waals surface area contributed by atoms with Crippen LogP contribution in [0.4, 0.5) is 0 Å². The fraction of sp³-hybridized carbons (Fsp3) is 0.385. The lowest BCUT2D eigenvalue weighted by molar-refractivity contribution is -0.140. The van der Waals surface area contributed by atoms with Gasteiger partial charge in [0, 0.05) is 0 Å². The van der Waals surface area contributed by atoms with Gasteiger partial charge in [0.15, 0.2) is 5.79 Å². The van der Waals surface area contributed by atoms with Crippen molar-refractivity contribution in [3.8, 4) is 11.5 Å². The summed E-state index contributed by atoms with van der Waals surface area (Å²) in [7, 11) is 0. The molecule has 3 rings (SSSR count). The molecule has 0 N–H and O–H groups in total. The number of hydrogen-bond donors (Lipinski definition) is 0. The molecule has 2 aromatic rings. The molecule has 0 aliphatic carbocycles. The molecule has 1 saturated heterocycles. The van der Waals surface area contributed by atoms with Crippen molar-refractivity contribution in [2.75, 3.05) is 6.61 Å². The highest BCUT2D eigenvalue weighted by atomic mass is 35.5. The van der Waals surface area contributed by atoms with Crippen LogP contribution in [0.3, 0.4) is 0 Å². The first-order chi connectivity index (χ1) is 9.05. The molecule has 0 unspecified atom stereocenters. The van der Waals surface area contributed by atoms with Gasteiger partial charge >= 0.3 is 0 Å². The fourth-order valence-corrected chi connectivity index (χ4v) is 2.14. The second-order valence-electron chi connectivity index (χ2n) is 4.75. The first-order valence-electron chi connectivity index (χ1n) is 5.95. The molecule has 1 atom stereocenters. The Morgan fingerprint density at radius 3 is 2.79 bits per heavy atom. The topological polar surface area (TPSA) is 57.4 Å². The van der Waals surface area contributed by atoms with Crippen LogP contribution in [-0.4, -0.2) is 22.5 Å². The maximum absolute atomic E-state index is 6.09. The summed E-state index contributed by atoms with van der Waals surface area (Å²) in [6.07, 6.45) is -0.310. The summed E-state index contributed by atoms with van der Waals surface area (Å²) in [5.41, 5.74) is 0.709. The zero-order valence-corrected chi connectivity index (χ0v) is 11.3. The number of hydrogen-bond acceptors (Lipinski definition) is 5. The second-order valence-corrected chi connectivity index (χ2v) is 5.16. The Labute approximate surface area is 115 Å². The van der Waals surface area contributed by atoms with Crippen molar-refractivity contribution >= 4 is 11.6 Å². The maximum Gasteiger partial charge on any atom is 0.259 e. The van der Waals surface area contributed by atoms with E-state index < -0.39 is 5.79 Å². The van der Waals surface area contributed by atoms with Gasteiger partial charge in [0.25, 0.3) is 5.89 Å². The average Bonchev–Trinajstić information content (AvgIpc) is 2.96. The van der Waals surface area contributed by atoms with E-state index in [1.54, 1.807) is 6.07 Å². The van der Waals surface area contributed by atoms with Crippen LogP contribution in [-0.2, 0) is 9.47 Å². The normalized spacial score (nSPS) is 21.7. The predicted molar refractivity (Wildman–Crippen MR) is 68.6 cm³/mol. The lowest BCUT2D eigenvalue weighted by Gasteiger charge is -2.15. The molecule has 19 heavy (non-hydrogen) atoms. The van der Waals surface area contributed by atoms with Crippen LogP contribution in [0.15, 0.2) is 28.8 Å². The van der Waals surface area contributed by atoms with E-state index in [1.165, 1.54) is 0 Å². The zero-order chi connectivity index (χ0) is 13.5. The molecule has 0 spiro atoms. The molecule has 1 aromatic carbocycles. The Hall–Kier alpha value is -1.43. The van der Waals surface area contributed by atoms with Gasteiger partial charge in [-0.3, -0.25) is 0 Å². The van der Waals surface area contributed by atoms with Gasteiger partial charge in [-0.15, -0.1) is 0 Å². The molecule has 0 saturated carbocycles. The molecule has 0 bridgehead atoms. The summed E-state index contributed by atoms with van der Waals surface area (Å²) in [6.45, 7) is 4.11. The monoisotopic (exact) mass is 280 g/mol. The Bertz CT molecular complexity index is 597. The molecule has 2 heterocycles. The van der Waals surface area contributed by atoms with E-state index in [2.05, 4.69) is 10.1 Å². The molecule has 1 fully saturated rings. The zero-order valence-electron chi connectivity index (χ0n) is 10.6. The number of aromatic nitrogens is 2. The number of ether oxygens (including phenoxy) is 2. The van der Waals surface area contributed by atoms with Crippen LogP contribution in [0, 0.1) is 0 Å². The van der Waals surface area contributed by atoms with Gasteiger partial charge in [0.05, 0.1) is 17.2 Å². The highest BCUT2D eigenvalue weighted by Gasteiger charge is 2.36. The number of benzene rings is 1. The first-order valence-corrected chi connectivity index (χ1v) is 6.33. The molecular weight excluding hydrogens is 268 g/mol. The Morgan fingerprint density at radius 1 is 1.32 bits per heavy atom. The molecule has 0 radical (unpaired) electrons.